The van der Waals surface area contributed by atoms with Gasteiger partial charge in [-0.2, -0.15) is 13.2 Å². The third-order valence-corrected chi connectivity index (χ3v) is 2.81. The molecule has 1 atom stereocenters. The van der Waals surface area contributed by atoms with Crippen LogP contribution < -0.4 is 5.32 Å². The van der Waals surface area contributed by atoms with Crippen LogP contribution in [0.4, 0.5) is 19.1 Å². The van der Waals surface area contributed by atoms with Crippen molar-refractivity contribution < 1.29 is 13.2 Å². The van der Waals surface area contributed by atoms with Crippen LogP contribution in [0.15, 0.2) is 12.3 Å². The van der Waals surface area contributed by atoms with Gasteiger partial charge in [0.15, 0.2) is 0 Å². The number of nitrogens with zero attached hydrogens (tertiary/aromatic N) is 2. The third kappa shape index (κ3) is 5.89. The lowest BCUT2D eigenvalue weighted by atomic mass is 10.1. The van der Waals surface area contributed by atoms with Gasteiger partial charge in [0.1, 0.15) is 5.69 Å². The van der Waals surface area contributed by atoms with E-state index in [1.54, 1.807) is 0 Å². The first kappa shape index (κ1) is 15.7. The summed E-state index contributed by atoms with van der Waals surface area (Å²) in [5.41, 5.74) is -0.914. The Kier molecular flexibility index (Phi) is 6.05. The van der Waals surface area contributed by atoms with Crippen molar-refractivity contribution in [2.45, 2.75) is 58.2 Å². The van der Waals surface area contributed by atoms with Gasteiger partial charge in [-0.05, 0) is 19.4 Å². The average Bonchev–Trinajstić information content (AvgIpc) is 2.34. The van der Waals surface area contributed by atoms with Crippen LogP contribution in [0.3, 0.4) is 0 Å². The van der Waals surface area contributed by atoms with Crippen LogP contribution in [0.5, 0.6) is 0 Å². The van der Waals surface area contributed by atoms with Crippen molar-refractivity contribution in [3.05, 3.63) is 18.0 Å². The lowest BCUT2D eigenvalue weighted by Crippen LogP contribution is -2.18. The SMILES string of the molecule is CCCCCCC(C)Nc1nccc(C(F)(F)F)n1. The second-order valence-corrected chi connectivity index (χ2v) is 4.66. The highest BCUT2D eigenvalue weighted by Gasteiger charge is 2.32. The largest absolute Gasteiger partial charge is 0.433 e. The van der Waals surface area contributed by atoms with Crippen LogP contribution in [0.1, 0.15) is 51.6 Å². The van der Waals surface area contributed by atoms with E-state index in [-0.39, 0.29) is 12.0 Å². The Morgan fingerprint density at radius 3 is 2.63 bits per heavy atom. The number of unbranched alkanes of at least 4 members (excludes halogenated alkanes) is 3. The van der Waals surface area contributed by atoms with Crippen molar-refractivity contribution in [3.63, 3.8) is 0 Å². The predicted molar refractivity (Wildman–Crippen MR) is 68.9 cm³/mol. The molecule has 0 spiro atoms. The zero-order valence-electron chi connectivity index (χ0n) is 11.3. The molecular weight excluding hydrogens is 255 g/mol. The third-order valence-electron chi connectivity index (χ3n) is 2.81. The lowest BCUT2D eigenvalue weighted by Gasteiger charge is -2.14. The van der Waals surface area contributed by atoms with Gasteiger partial charge in [-0.25, -0.2) is 9.97 Å². The summed E-state index contributed by atoms with van der Waals surface area (Å²) in [7, 11) is 0. The molecule has 0 amide bonds. The van der Waals surface area contributed by atoms with Crippen LogP contribution in [0.2, 0.25) is 0 Å². The number of anilines is 1. The molecule has 0 bridgehead atoms. The molecule has 1 heterocycles. The minimum Gasteiger partial charge on any atom is -0.352 e. The van der Waals surface area contributed by atoms with Crippen LogP contribution in [-0.4, -0.2) is 16.0 Å². The van der Waals surface area contributed by atoms with Crippen LogP contribution in [0, 0.1) is 0 Å². The molecule has 6 heteroatoms. The number of halogens is 3. The van der Waals surface area contributed by atoms with Gasteiger partial charge in [-0.3, -0.25) is 0 Å². The molecule has 19 heavy (non-hydrogen) atoms. The van der Waals surface area contributed by atoms with E-state index in [0.29, 0.717) is 0 Å². The van der Waals surface area contributed by atoms with Crippen molar-refractivity contribution >= 4 is 5.95 Å². The molecule has 0 saturated heterocycles. The van der Waals surface area contributed by atoms with Gasteiger partial charge in [-0.1, -0.05) is 32.6 Å². The van der Waals surface area contributed by atoms with Gasteiger partial charge in [0.05, 0.1) is 0 Å². The molecule has 1 rings (SSSR count). The van der Waals surface area contributed by atoms with Crippen molar-refractivity contribution in [2.75, 3.05) is 5.32 Å². The number of nitrogens with one attached hydrogen (secondary N) is 1. The Morgan fingerprint density at radius 2 is 2.00 bits per heavy atom. The van der Waals surface area contributed by atoms with Gasteiger partial charge in [0.2, 0.25) is 5.95 Å². The van der Waals surface area contributed by atoms with E-state index in [2.05, 4.69) is 22.2 Å². The van der Waals surface area contributed by atoms with E-state index in [0.717, 1.165) is 31.5 Å². The van der Waals surface area contributed by atoms with Crippen LogP contribution in [-0.2, 0) is 6.18 Å². The maximum atomic E-state index is 12.5. The molecule has 1 N–H and O–H groups in total. The monoisotopic (exact) mass is 275 g/mol. The minimum absolute atomic E-state index is 0.0396. The van der Waals surface area contributed by atoms with Crippen molar-refractivity contribution in [3.8, 4) is 0 Å². The molecular formula is C13H20F3N3. The summed E-state index contributed by atoms with van der Waals surface area (Å²) in [6.07, 6.45) is 2.16. The summed E-state index contributed by atoms with van der Waals surface area (Å²) >= 11 is 0. The molecule has 0 saturated carbocycles. The van der Waals surface area contributed by atoms with E-state index in [1.807, 2.05) is 6.92 Å². The molecule has 3 nitrogen and oxygen atoms in total. The van der Waals surface area contributed by atoms with E-state index < -0.39 is 11.9 Å². The fourth-order valence-electron chi connectivity index (χ4n) is 1.76. The highest BCUT2D eigenvalue weighted by Crippen LogP contribution is 2.27. The van der Waals surface area contributed by atoms with Crippen molar-refractivity contribution in [1.29, 1.82) is 0 Å². The molecule has 0 aliphatic heterocycles. The molecule has 0 aromatic carbocycles. The van der Waals surface area contributed by atoms with Gasteiger partial charge in [-0.15, -0.1) is 0 Å². The van der Waals surface area contributed by atoms with Gasteiger partial charge in [0.25, 0.3) is 0 Å². The smallest absolute Gasteiger partial charge is 0.352 e. The summed E-state index contributed by atoms with van der Waals surface area (Å²) in [5.74, 6) is 0.0396. The van der Waals surface area contributed by atoms with Crippen LogP contribution in [0.25, 0.3) is 0 Å². The van der Waals surface area contributed by atoms with Crippen molar-refractivity contribution in [2.24, 2.45) is 0 Å². The lowest BCUT2D eigenvalue weighted by molar-refractivity contribution is -0.141. The standard InChI is InChI=1S/C13H20F3N3/c1-3-4-5-6-7-10(2)18-12-17-9-8-11(19-12)13(14,15)16/h8-10H,3-7H2,1-2H3,(H,17,18,19). The Hall–Kier alpha value is -1.33. The predicted octanol–water partition coefficient (Wildman–Crippen LogP) is 4.27. The highest BCUT2D eigenvalue weighted by atomic mass is 19.4. The summed E-state index contributed by atoms with van der Waals surface area (Å²) in [6, 6.07) is 0.942. The Morgan fingerprint density at radius 1 is 1.26 bits per heavy atom. The highest BCUT2D eigenvalue weighted by molar-refractivity contribution is 5.27. The Bertz CT molecular complexity index is 380. The second-order valence-electron chi connectivity index (χ2n) is 4.66. The second kappa shape index (κ2) is 7.31. The van der Waals surface area contributed by atoms with E-state index in [1.165, 1.54) is 12.8 Å². The molecule has 0 aliphatic carbocycles. The van der Waals surface area contributed by atoms with Crippen molar-refractivity contribution in [1.82, 2.24) is 9.97 Å². The fourth-order valence-corrected chi connectivity index (χ4v) is 1.76. The fraction of sp³-hybridized carbons (Fsp3) is 0.692. The minimum atomic E-state index is -4.43. The maximum absolute atomic E-state index is 12.5. The molecule has 0 radical (unpaired) electrons. The molecule has 1 aromatic heterocycles. The average molecular weight is 275 g/mol. The first-order valence-electron chi connectivity index (χ1n) is 6.60. The van der Waals surface area contributed by atoms with E-state index in [9.17, 15) is 13.2 Å². The van der Waals surface area contributed by atoms with Gasteiger partial charge < -0.3 is 5.32 Å². The van der Waals surface area contributed by atoms with Gasteiger partial charge >= 0.3 is 6.18 Å². The summed E-state index contributed by atoms with van der Waals surface area (Å²) in [6.45, 7) is 4.06. The normalized spacial score (nSPS) is 13.3. The zero-order chi connectivity index (χ0) is 14.3. The molecule has 1 unspecified atom stereocenters. The number of aromatic nitrogens is 2. The maximum Gasteiger partial charge on any atom is 0.433 e. The number of hydrogen-bond donors (Lipinski definition) is 1. The van der Waals surface area contributed by atoms with Gasteiger partial charge in [0, 0.05) is 12.2 Å². The summed E-state index contributed by atoms with van der Waals surface area (Å²) in [5, 5.41) is 2.91. The first-order chi connectivity index (χ1) is 8.93. The number of alkyl halides is 3. The van der Waals surface area contributed by atoms with Crippen LogP contribution >= 0.6 is 0 Å². The first-order valence-corrected chi connectivity index (χ1v) is 6.60. The number of hydrogen-bond acceptors (Lipinski definition) is 3. The molecule has 1 aromatic rings. The number of rotatable bonds is 7. The quantitative estimate of drug-likeness (QED) is 0.755. The topological polar surface area (TPSA) is 37.8 Å². The van der Waals surface area contributed by atoms with E-state index in [4.69, 9.17) is 0 Å². The Labute approximate surface area is 111 Å². The zero-order valence-corrected chi connectivity index (χ0v) is 11.3. The van der Waals surface area contributed by atoms with E-state index >= 15 is 0 Å². The summed E-state index contributed by atoms with van der Waals surface area (Å²) in [4.78, 5) is 7.30. The summed E-state index contributed by atoms with van der Waals surface area (Å²) < 4.78 is 37.4. The molecule has 108 valence electrons. The molecule has 0 aliphatic rings. The molecule has 0 fully saturated rings. The Balaban J connectivity index is 2.48.